The van der Waals surface area contributed by atoms with Gasteiger partial charge in [-0.05, 0) is 76.4 Å². The van der Waals surface area contributed by atoms with E-state index in [9.17, 15) is 4.79 Å². The van der Waals surface area contributed by atoms with Crippen LogP contribution in [0.15, 0.2) is 83.3 Å². The number of benzene rings is 2. The number of allylic oxidation sites excluding steroid dienone is 3. The molecule has 6 heteroatoms. The van der Waals surface area contributed by atoms with Crippen molar-refractivity contribution in [1.29, 1.82) is 0 Å². The standard InChI is InChI=1S/C16H10Cl2N2O.C14H25N.C2H6/c17-12-5-1-10(2-6-12)15-16(20-14(21)9-19-15)11-3-7-13(18)8-4-11;1-3-4-5-6-9-14(2)10-13-15-11-7-8-12-15;1-2/h1-9H,(H,20,21);4-5,9H,3,6-8,10-13H2,1-2H3;1-2H3/b;5-4-,14-9+;. The van der Waals surface area contributed by atoms with Crippen molar-refractivity contribution in [1.82, 2.24) is 14.9 Å². The zero-order valence-electron chi connectivity index (χ0n) is 23.1. The van der Waals surface area contributed by atoms with E-state index in [1.54, 1.807) is 29.8 Å². The Balaban J connectivity index is 0.000000264. The van der Waals surface area contributed by atoms with E-state index >= 15 is 0 Å². The first-order valence-corrected chi connectivity index (χ1v) is 14.4. The van der Waals surface area contributed by atoms with Gasteiger partial charge in [0.2, 0.25) is 0 Å². The van der Waals surface area contributed by atoms with Gasteiger partial charge in [-0.15, -0.1) is 0 Å². The molecule has 3 aromatic rings. The summed E-state index contributed by atoms with van der Waals surface area (Å²) in [6, 6.07) is 14.5. The van der Waals surface area contributed by atoms with Crippen molar-refractivity contribution in [2.24, 2.45) is 0 Å². The summed E-state index contributed by atoms with van der Waals surface area (Å²) in [5.41, 5.74) is 4.35. The van der Waals surface area contributed by atoms with Crippen LogP contribution >= 0.6 is 23.2 Å². The van der Waals surface area contributed by atoms with Gasteiger partial charge in [0.25, 0.3) is 5.56 Å². The number of halogens is 2. The zero-order valence-corrected chi connectivity index (χ0v) is 24.7. The minimum atomic E-state index is -0.252. The SMILES string of the molecule is CC.CC/C=C\C/C=C(\C)CCN1CCCC1.O=c1cnc(-c2ccc(Cl)cc2)c(-c2ccc(Cl)cc2)[nH]1. The van der Waals surface area contributed by atoms with Gasteiger partial charge in [-0.1, -0.05) is 92.0 Å². The quantitative estimate of drug-likeness (QED) is 0.282. The molecule has 0 aliphatic carbocycles. The molecule has 4 rings (SSSR count). The summed E-state index contributed by atoms with van der Waals surface area (Å²) in [5.74, 6) is 0. The van der Waals surface area contributed by atoms with Gasteiger partial charge in [0.1, 0.15) is 0 Å². The van der Waals surface area contributed by atoms with Crippen LogP contribution < -0.4 is 5.56 Å². The highest BCUT2D eigenvalue weighted by atomic mass is 35.5. The van der Waals surface area contributed by atoms with E-state index in [1.807, 2.05) is 38.1 Å². The van der Waals surface area contributed by atoms with Crippen LogP contribution in [0.2, 0.25) is 10.0 Å². The first-order chi connectivity index (χ1) is 18.5. The molecule has 0 unspecified atom stereocenters. The molecular formula is C32H41Cl2N3O. The van der Waals surface area contributed by atoms with Crippen molar-refractivity contribution >= 4 is 23.2 Å². The van der Waals surface area contributed by atoms with Crippen molar-refractivity contribution in [3.8, 4) is 22.5 Å². The van der Waals surface area contributed by atoms with Crippen molar-refractivity contribution < 1.29 is 0 Å². The zero-order chi connectivity index (χ0) is 27.8. The molecule has 1 aliphatic heterocycles. The lowest BCUT2D eigenvalue weighted by atomic mass is 10.0. The number of rotatable bonds is 8. The molecule has 1 aliphatic rings. The van der Waals surface area contributed by atoms with Crippen molar-refractivity contribution in [3.05, 3.63) is 98.9 Å². The van der Waals surface area contributed by atoms with E-state index in [1.165, 1.54) is 45.1 Å². The molecule has 1 fully saturated rings. The second-order valence-corrected chi connectivity index (χ2v) is 9.82. The maximum absolute atomic E-state index is 11.6. The van der Waals surface area contributed by atoms with E-state index in [-0.39, 0.29) is 5.56 Å². The third kappa shape index (κ3) is 11.0. The van der Waals surface area contributed by atoms with Gasteiger partial charge >= 0.3 is 0 Å². The molecule has 0 atom stereocenters. The minimum absolute atomic E-state index is 0.252. The Morgan fingerprint density at radius 1 is 0.947 bits per heavy atom. The molecule has 1 saturated heterocycles. The Labute approximate surface area is 238 Å². The fourth-order valence-electron chi connectivity index (χ4n) is 4.03. The number of aromatic nitrogens is 2. The molecule has 1 N–H and O–H groups in total. The van der Waals surface area contributed by atoms with Crippen LogP contribution in [0.3, 0.4) is 0 Å². The van der Waals surface area contributed by atoms with Gasteiger partial charge in [0, 0.05) is 27.7 Å². The molecule has 0 spiro atoms. The van der Waals surface area contributed by atoms with E-state index in [4.69, 9.17) is 23.2 Å². The van der Waals surface area contributed by atoms with Gasteiger partial charge in [0.05, 0.1) is 17.6 Å². The highest BCUT2D eigenvalue weighted by molar-refractivity contribution is 6.31. The molecule has 0 saturated carbocycles. The average molecular weight is 555 g/mol. The van der Waals surface area contributed by atoms with Crippen molar-refractivity contribution in [2.45, 2.75) is 59.8 Å². The first kappa shape index (κ1) is 31.6. The summed E-state index contributed by atoms with van der Waals surface area (Å²) < 4.78 is 0. The molecule has 204 valence electrons. The van der Waals surface area contributed by atoms with Crippen LogP contribution in [0.4, 0.5) is 0 Å². The van der Waals surface area contributed by atoms with Crippen molar-refractivity contribution in [3.63, 3.8) is 0 Å². The molecule has 38 heavy (non-hydrogen) atoms. The predicted molar refractivity (Wildman–Crippen MR) is 165 cm³/mol. The van der Waals surface area contributed by atoms with Crippen LogP contribution in [-0.2, 0) is 0 Å². The Kier molecular flexibility index (Phi) is 14.8. The number of nitrogens with one attached hydrogen (secondary N) is 1. The summed E-state index contributed by atoms with van der Waals surface area (Å²) in [4.78, 5) is 21.3. The molecule has 1 aromatic heterocycles. The molecular weight excluding hydrogens is 513 g/mol. The smallest absolute Gasteiger partial charge is 0.266 e. The van der Waals surface area contributed by atoms with Crippen LogP contribution in [-0.4, -0.2) is 34.5 Å². The summed E-state index contributed by atoms with van der Waals surface area (Å²) >= 11 is 11.8. The third-order valence-electron chi connectivity index (χ3n) is 6.07. The van der Waals surface area contributed by atoms with Gasteiger partial charge in [-0.25, -0.2) is 4.98 Å². The Bertz CT molecular complexity index is 1190. The lowest BCUT2D eigenvalue weighted by Gasteiger charge is -2.14. The van der Waals surface area contributed by atoms with E-state index < -0.39 is 0 Å². The second-order valence-electron chi connectivity index (χ2n) is 8.95. The number of H-pyrrole nitrogens is 1. The molecule has 0 amide bonds. The maximum atomic E-state index is 11.6. The normalized spacial score (nSPS) is 13.6. The number of likely N-dealkylation sites (tertiary alicyclic amines) is 1. The third-order valence-corrected chi connectivity index (χ3v) is 6.58. The topological polar surface area (TPSA) is 49.0 Å². The Morgan fingerprint density at radius 2 is 1.53 bits per heavy atom. The summed E-state index contributed by atoms with van der Waals surface area (Å²) in [6.45, 7) is 12.3. The lowest BCUT2D eigenvalue weighted by Crippen LogP contribution is -2.20. The number of hydrogen-bond acceptors (Lipinski definition) is 3. The summed E-state index contributed by atoms with van der Waals surface area (Å²) in [7, 11) is 0. The van der Waals surface area contributed by atoms with E-state index in [0.717, 1.165) is 24.0 Å². The number of hydrogen-bond donors (Lipinski definition) is 1. The summed E-state index contributed by atoms with van der Waals surface area (Å²) in [6.07, 6.45) is 14.5. The molecule has 0 bridgehead atoms. The molecule has 4 nitrogen and oxygen atoms in total. The minimum Gasteiger partial charge on any atom is -0.319 e. The lowest BCUT2D eigenvalue weighted by molar-refractivity contribution is 0.343. The highest BCUT2D eigenvalue weighted by Gasteiger charge is 2.11. The fraction of sp³-hybridized carbons (Fsp3) is 0.375. The van der Waals surface area contributed by atoms with Gasteiger partial charge < -0.3 is 9.88 Å². The first-order valence-electron chi connectivity index (χ1n) is 13.6. The second kappa shape index (κ2) is 17.8. The molecule has 0 radical (unpaired) electrons. The van der Waals surface area contributed by atoms with Crippen LogP contribution in [0, 0.1) is 0 Å². The Morgan fingerprint density at radius 3 is 2.11 bits per heavy atom. The predicted octanol–water partition coefficient (Wildman–Crippen LogP) is 9.21. The monoisotopic (exact) mass is 553 g/mol. The van der Waals surface area contributed by atoms with Crippen LogP contribution in [0.1, 0.15) is 59.8 Å². The Hall–Kier alpha value is -2.66. The highest BCUT2D eigenvalue weighted by Crippen LogP contribution is 2.29. The number of nitrogens with zero attached hydrogens (tertiary/aromatic N) is 2. The largest absolute Gasteiger partial charge is 0.319 e. The summed E-state index contributed by atoms with van der Waals surface area (Å²) in [5, 5.41) is 1.29. The van der Waals surface area contributed by atoms with Gasteiger partial charge in [0.15, 0.2) is 0 Å². The van der Waals surface area contributed by atoms with Crippen LogP contribution in [0.25, 0.3) is 22.5 Å². The molecule has 2 heterocycles. The fourth-order valence-corrected chi connectivity index (χ4v) is 4.28. The number of aromatic amines is 1. The van der Waals surface area contributed by atoms with E-state index in [2.05, 4.69) is 46.9 Å². The maximum Gasteiger partial charge on any atom is 0.266 e. The van der Waals surface area contributed by atoms with Gasteiger partial charge in [-0.3, -0.25) is 4.79 Å². The molecule has 2 aromatic carbocycles. The van der Waals surface area contributed by atoms with Crippen LogP contribution in [0.5, 0.6) is 0 Å². The van der Waals surface area contributed by atoms with Crippen molar-refractivity contribution in [2.75, 3.05) is 19.6 Å². The van der Waals surface area contributed by atoms with Gasteiger partial charge in [-0.2, -0.15) is 0 Å². The average Bonchev–Trinajstić information content (AvgIpc) is 3.46. The van der Waals surface area contributed by atoms with E-state index in [0.29, 0.717) is 21.4 Å².